The lowest BCUT2D eigenvalue weighted by atomic mass is 10.1. The van der Waals surface area contributed by atoms with E-state index in [9.17, 15) is 9.59 Å². The molecule has 0 bridgehead atoms. The van der Waals surface area contributed by atoms with Crippen LogP contribution in [0.3, 0.4) is 0 Å². The number of esters is 1. The summed E-state index contributed by atoms with van der Waals surface area (Å²) in [6, 6.07) is 7.48. The SMILES string of the molecule is CCOC(=O)CC(=O)c1oc2ccccc2c1CC. The summed E-state index contributed by atoms with van der Waals surface area (Å²) in [5.41, 5.74) is 1.52. The van der Waals surface area contributed by atoms with E-state index in [1.165, 1.54) is 0 Å². The first-order chi connectivity index (χ1) is 9.17. The van der Waals surface area contributed by atoms with Gasteiger partial charge in [0.05, 0.1) is 6.61 Å². The summed E-state index contributed by atoms with van der Waals surface area (Å²) < 4.78 is 10.4. The van der Waals surface area contributed by atoms with Crippen LogP contribution >= 0.6 is 0 Å². The first kappa shape index (κ1) is 13.3. The summed E-state index contributed by atoms with van der Waals surface area (Å²) in [5.74, 6) is -0.571. The molecule has 1 aromatic carbocycles. The van der Waals surface area contributed by atoms with Gasteiger partial charge < -0.3 is 9.15 Å². The fourth-order valence-electron chi connectivity index (χ4n) is 2.10. The maximum Gasteiger partial charge on any atom is 0.313 e. The van der Waals surface area contributed by atoms with Gasteiger partial charge in [0.15, 0.2) is 5.76 Å². The van der Waals surface area contributed by atoms with Crippen molar-refractivity contribution in [3.63, 3.8) is 0 Å². The lowest BCUT2D eigenvalue weighted by Crippen LogP contribution is -2.11. The number of furan rings is 1. The van der Waals surface area contributed by atoms with Gasteiger partial charge in [-0.05, 0) is 19.4 Å². The van der Waals surface area contributed by atoms with Crippen LogP contribution in [-0.4, -0.2) is 18.4 Å². The monoisotopic (exact) mass is 260 g/mol. The Morgan fingerprint density at radius 1 is 1.21 bits per heavy atom. The highest BCUT2D eigenvalue weighted by Gasteiger charge is 2.21. The second-order valence-corrected chi connectivity index (χ2v) is 4.16. The average molecular weight is 260 g/mol. The first-order valence-electron chi connectivity index (χ1n) is 6.36. The van der Waals surface area contributed by atoms with Gasteiger partial charge in [-0.25, -0.2) is 0 Å². The number of rotatable bonds is 5. The van der Waals surface area contributed by atoms with E-state index in [-0.39, 0.29) is 24.6 Å². The van der Waals surface area contributed by atoms with Crippen molar-refractivity contribution >= 4 is 22.7 Å². The van der Waals surface area contributed by atoms with Crippen molar-refractivity contribution in [3.05, 3.63) is 35.6 Å². The number of benzene rings is 1. The molecule has 1 aromatic heterocycles. The Balaban J connectivity index is 2.33. The molecule has 0 fully saturated rings. The van der Waals surface area contributed by atoms with Gasteiger partial charge in [0.25, 0.3) is 0 Å². The molecule has 0 atom stereocenters. The third kappa shape index (κ3) is 2.67. The van der Waals surface area contributed by atoms with Gasteiger partial charge in [-0.3, -0.25) is 9.59 Å². The number of para-hydroxylation sites is 1. The van der Waals surface area contributed by atoms with Gasteiger partial charge in [0, 0.05) is 10.9 Å². The van der Waals surface area contributed by atoms with E-state index >= 15 is 0 Å². The Bertz CT molecular complexity index is 610. The van der Waals surface area contributed by atoms with Crippen LogP contribution in [0, 0.1) is 0 Å². The molecule has 0 unspecified atom stereocenters. The smallest absolute Gasteiger partial charge is 0.313 e. The Labute approximate surface area is 111 Å². The average Bonchev–Trinajstić information content (AvgIpc) is 2.77. The molecule has 0 saturated heterocycles. The molecular weight excluding hydrogens is 244 g/mol. The van der Waals surface area contributed by atoms with Gasteiger partial charge in [0.2, 0.25) is 5.78 Å². The molecule has 2 rings (SSSR count). The van der Waals surface area contributed by atoms with E-state index in [1.807, 2.05) is 31.2 Å². The number of hydrogen-bond acceptors (Lipinski definition) is 4. The highest BCUT2D eigenvalue weighted by molar-refractivity contribution is 6.07. The predicted octanol–water partition coefficient (Wildman–Crippen LogP) is 3.13. The fraction of sp³-hybridized carbons (Fsp3) is 0.333. The van der Waals surface area contributed by atoms with Gasteiger partial charge >= 0.3 is 5.97 Å². The number of fused-ring (bicyclic) bond motifs is 1. The summed E-state index contributed by atoms with van der Waals surface area (Å²) in [6.45, 7) is 3.94. The topological polar surface area (TPSA) is 56.5 Å². The zero-order chi connectivity index (χ0) is 13.8. The molecule has 4 heteroatoms. The second-order valence-electron chi connectivity index (χ2n) is 4.16. The van der Waals surface area contributed by atoms with Crippen molar-refractivity contribution in [3.8, 4) is 0 Å². The van der Waals surface area contributed by atoms with Crippen LogP contribution in [0.15, 0.2) is 28.7 Å². The molecule has 0 spiro atoms. The fourth-order valence-corrected chi connectivity index (χ4v) is 2.10. The summed E-state index contributed by atoms with van der Waals surface area (Å²) in [7, 11) is 0. The van der Waals surface area contributed by atoms with Crippen LogP contribution in [0.1, 0.15) is 36.4 Å². The van der Waals surface area contributed by atoms with E-state index in [2.05, 4.69) is 0 Å². The standard InChI is InChI=1S/C15H16O4/c1-3-10-11-7-5-6-8-13(11)19-15(10)12(16)9-14(17)18-4-2/h5-8H,3-4,9H2,1-2H3. The number of aryl methyl sites for hydroxylation is 1. The molecule has 0 aliphatic carbocycles. The number of Topliss-reactive ketones (excluding diaryl/α,β-unsaturated/α-hetero) is 1. The minimum absolute atomic E-state index is 0.271. The molecular formula is C15H16O4. The highest BCUT2D eigenvalue weighted by Crippen LogP contribution is 2.27. The zero-order valence-corrected chi connectivity index (χ0v) is 11.1. The third-order valence-electron chi connectivity index (χ3n) is 2.92. The molecule has 1 heterocycles. The van der Waals surface area contributed by atoms with Crippen LogP contribution in [0.2, 0.25) is 0 Å². The van der Waals surface area contributed by atoms with Gasteiger partial charge in [-0.2, -0.15) is 0 Å². The summed E-state index contributed by atoms with van der Waals surface area (Å²) >= 11 is 0. The van der Waals surface area contributed by atoms with E-state index in [4.69, 9.17) is 9.15 Å². The van der Waals surface area contributed by atoms with Crippen molar-refractivity contribution in [1.29, 1.82) is 0 Å². The van der Waals surface area contributed by atoms with E-state index in [0.29, 0.717) is 12.0 Å². The maximum atomic E-state index is 12.1. The van der Waals surface area contributed by atoms with Crippen molar-refractivity contribution in [2.24, 2.45) is 0 Å². The Hall–Kier alpha value is -2.10. The molecule has 4 nitrogen and oxygen atoms in total. The minimum atomic E-state index is -0.519. The van der Waals surface area contributed by atoms with Crippen LogP contribution in [0.25, 0.3) is 11.0 Å². The normalized spacial score (nSPS) is 10.6. The van der Waals surface area contributed by atoms with E-state index < -0.39 is 5.97 Å². The molecule has 0 radical (unpaired) electrons. The third-order valence-corrected chi connectivity index (χ3v) is 2.92. The number of ketones is 1. The largest absolute Gasteiger partial charge is 0.466 e. The maximum absolute atomic E-state index is 12.1. The zero-order valence-electron chi connectivity index (χ0n) is 11.1. The van der Waals surface area contributed by atoms with Crippen molar-refractivity contribution < 1.29 is 18.7 Å². The minimum Gasteiger partial charge on any atom is -0.466 e. The van der Waals surface area contributed by atoms with Crippen molar-refractivity contribution in [1.82, 2.24) is 0 Å². The number of hydrogen-bond donors (Lipinski definition) is 0. The summed E-state index contributed by atoms with van der Waals surface area (Å²) in [5, 5.41) is 0.928. The molecule has 0 saturated carbocycles. The molecule has 0 aliphatic heterocycles. The van der Waals surface area contributed by atoms with Crippen molar-refractivity contribution in [2.75, 3.05) is 6.61 Å². The van der Waals surface area contributed by atoms with E-state index in [1.54, 1.807) is 6.92 Å². The second kappa shape index (κ2) is 5.69. The van der Waals surface area contributed by atoms with Crippen LogP contribution in [0.4, 0.5) is 0 Å². The predicted molar refractivity (Wildman–Crippen MR) is 71.2 cm³/mol. The first-order valence-corrected chi connectivity index (χ1v) is 6.36. The summed E-state index contributed by atoms with van der Waals surface area (Å²) in [6.07, 6.45) is 0.404. The van der Waals surface area contributed by atoms with Crippen molar-refractivity contribution in [2.45, 2.75) is 26.7 Å². The Morgan fingerprint density at radius 3 is 2.63 bits per heavy atom. The summed E-state index contributed by atoms with van der Waals surface area (Å²) in [4.78, 5) is 23.4. The molecule has 0 N–H and O–H groups in total. The van der Waals surface area contributed by atoms with Crippen LogP contribution < -0.4 is 0 Å². The number of carbonyl (C=O) groups excluding carboxylic acids is 2. The van der Waals surface area contributed by atoms with E-state index in [0.717, 1.165) is 10.9 Å². The Kier molecular flexibility index (Phi) is 4.00. The molecule has 19 heavy (non-hydrogen) atoms. The molecule has 2 aromatic rings. The number of carbonyl (C=O) groups is 2. The van der Waals surface area contributed by atoms with Crippen LogP contribution in [0.5, 0.6) is 0 Å². The number of ether oxygens (including phenoxy) is 1. The molecule has 0 aliphatic rings. The Morgan fingerprint density at radius 2 is 1.95 bits per heavy atom. The van der Waals surface area contributed by atoms with Gasteiger partial charge in [-0.15, -0.1) is 0 Å². The van der Waals surface area contributed by atoms with Crippen LogP contribution in [-0.2, 0) is 16.0 Å². The quantitative estimate of drug-likeness (QED) is 0.471. The molecule has 100 valence electrons. The van der Waals surface area contributed by atoms with Gasteiger partial charge in [0.1, 0.15) is 12.0 Å². The lowest BCUT2D eigenvalue weighted by Gasteiger charge is -2.01. The lowest BCUT2D eigenvalue weighted by molar-refractivity contribution is -0.142. The highest BCUT2D eigenvalue weighted by atomic mass is 16.5. The van der Waals surface area contributed by atoms with Gasteiger partial charge in [-0.1, -0.05) is 25.1 Å². The molecule has 0 amide bonds.